The van der Waals surface area contributed by atoms with Gasteiger partial charge in [-0.3, -0.25) is 9.36 Å². The van der Waals surface area contributed by atoms with Crippen LogP contribution in [-0.2, 0) is 4.79 Å². The number of hydrogen-bond donors (Lipinski definition) is 1. The van der Waals surface area contributed by atoms with Gasteiger partial charge in [0.1, 0.15) is 0 Å². The van der Waals surface area contributed by atoms with Crippen molar-refractivity contribution in [3.05, 3.63) is 0 Å². The Hall–Kier alpha value is -1.24. The molecule has 0 bridgehead atoms. The lowest BCUT2D eigenvalue weighted by molar-refractivity contribution is -0.117. The zero-order valence-corrected chi connectivity index (χ0v) is 11.7. The van der Waals surface area contributed by atoms with Gasteiger partial charge in [0.05, 0.1) is 5.25 Å². The van der Waals surface area contributed by atoms with Gasteiger partial charge in [-0.2, -0.15) is 0 Å². The lowest BCUT2D eigenvalue weighted by Crippen LogP contribution is -2.23. The van der Waals surface area contributed by atoms with Crippen LogP contribution in [0.25, 0.3) is 0 Å². The molecule has 0 unspecified atom stereocenters. The summed E-state index contributed by atoms with van der Waals surface area (Å²) in [5.74, 6) is 0.430. The number of aromatic nitrogens is 3. The van der Waals surface area contributed by atoms with E-state index in [9.17, 15) is 4.79 Å². The molecule has 0 spiro atoms. The molecule has 0 fully saturated rings. The van der Waals surface area contributed by atoms with E-state index in [-0.39, 0.29) is 17.2 Å². The van der Waals surface area contributed by atoms with E-state index in [4.69, 9.17) is 5.73 Å². The van der Waals surface area contributed by atoms with Crippen LogP contribution < -0.4 is 10.6 Å². The molecule has 0 radical (unpaired) electrons. The maximum absolute atomic E-state index is 11.1. The van der Waals surface area contributed by atoms with E-state index in [0.29, 0.717) is 0 Å². The molecule has 0 aliphatic heterocycles. The Balaban J connectivity index is 3.04. The van der Waals surface area contributed by atoms with Crippen molar-refractivity contribution in [2.45, 2.75) is 37.2 Å². The van der Waals surface area contributed by atoms with Crippen LogP contribution >= 0.6 is 11.8 Å². The Morgan fingerprint density at radius 1 is 1.35 bits per heavy atom. The molecule has 1 atom stereocenters. The molecule has 0 aromatic carbocycles. The Morgan fingerprint density at radius 2 is 1.94 bits per heavy atom. The van der Waals surface area contributed by atoms with Crippen LogP contribution in [0.15, 0.2) is 5.16 Å². The van der Waals surface area contributed by atoms with Crippen LogP contribution in [0.5, 0.6) is 0 Å². The summed E-state index contributed by atoms with van der Waals surface area (Å²) in [5, 5.41) is 8.63. The average Bonchev–Trinajstić information content (AvgIpc) is 2.61. The third-order valence-corrected chi connectivity index (χ3v) is 3.32. The number of carbonyl (C=O) groups excluding carboxylic acids is 1. The van der Waals surface area contributed by atoms with Crippen LogP contribution in [0.1, 0.15) is 26.8 Å². The van der Waals surface area contributed by atoms with Crippen molar-refractivity contribution in [3.8, 4) is 0 Å². The Labute approximate surface area is 106 Å². The second-order valence-corrected chi connectivity index (χ2v) is 5.61. The first-order chi connectivity index (χ1) is 7.84. The molecule has 1 heterocycles. The zero-order valence-electron chi connectivity index (χ0n) is 10.8. The minimum Gasteiger partial charge on any atom is -0.369 e. The van der Waals surface area contributed by atoms with E-state index < -0.39 is 0 Å². The highest BCUT2D eigenvalue weighted by Crippen LogP contribution is 2.27. The third-order valence-electron chi connectivity index (χ3n) is 2.25. The van der Waals surface area contributed by atoms with Gasteiger partial charge >= 0.3 is 0 Å². The van der Waals surface area contributed by atoms with Crippen LogP contribution in [-0.4, -0.2) is 40.0 Å². The molecule has 2 N–H and O–H groups in total. The fourth-order valence-corrected chi connectivity index (χ4v) is 2.25. The molecule has 6 nitrogen and oxygen atoms in total. The Bertz CT molecular complexity index is 401. The highest BCUT2D eigenvalue weighted by Gasteiger charge is 2.20. The first kappa shape index (κ1) is 13.8. The van der Waals surface area contributed by atoms with E-state index in [1.807, 2.05) is 23.6 Å². The first-order valence-corrected chi connectivity index (χ1v) is 6.30. The van der Waals surface area contributed by atoms with Crippen molar-refractivity contribution in [2.75, 3.05) is 19.0 Å². The van der Waals surface area contributed by atoms with Gasteiger partial charge in [0.2, 0.25) is 11.9 Å². The van der Waals surface area contributed by atoms with Crippen LogP contribution in [0, 0.1) is 0 Å². The maximum atomic E-state index is 11.1. The van der Waals surface area contributed by atoms with Crippen molar-refractivity contribution in [2.24, 2.45) is 5.73 Å². The predicted octanol–water partition coefficient (Wildman–Crippen LogP) is 0.891. The monoisotopic (exact) mass is 257 g/mol. The number of thioether (sulfide) groups is 1. The number of amides is 1. The highest BCUT2D eigenvalue weighted by atomic mass is 32.2. The summed E-state index contributed by atoms with van der Waals surface area (Å²) in [6, 6.07) is 0.227. The minimum atomic E-state index is -0.347. The van der Waals surface area contributed by atoms with E-state index in [1.54, 1.807) is 6.92 Å². The third kappa shape index (κ3) is 3.12. The van der Waals surface area contributed by atoms with Gasteiger partial charge in [0.15, 0.2) is 5.16 Å². The second kappa shape index (κ2) is 5.39. The number of carbonyl (C=O) groups is 1. The molecule has 1 rings (SSSR count). The van der Waals surface area contributed by atoms with Gasteiger partial charge in [0, 0.05) is 20.1 Å². The standard InChI is InChI=1S/C10H19N5OS/c1-6(2)15-9(14(4)5)12-13-10(15)17-7(3)8(11)16/h6-7H,1-5H3,(H2,11,16)/t7-/m0/s1. The Kier molecular flexibility index (Phi) is 4.39. The smallest absolute Gasteiger partial charge is 0.230 e. The number of nitrogens with zero attached hydrogens (tertiary/aromatic N) is 4. The van der Waals surface area contributed by atoms with E-state index >= 15 is 0 Å². The normalized spacial score (nSPS) is 12.8. The number of nitrogens with two attached hydrogens (primary N) is 1. The predicted molar refractivity (Wildman–Crippen MR) is 69.2 cm³/mol. The second-order valence-electron chi connectivity index (χ2n) is 4.30. The van der Waals surface area contributed by atoms with Gasteiger partial charge in [-0.25, -0.2) is 0 Å². The molecule has 0 saturated heterocycles. The molecule has 0 aliphatic rings. The number of rotatable bonds is 5. The van der Waals surface area contributed by atoms with Crippen molar-refractivity contribution in [1.29, 1.82) is 0 Å². The highest BCUT2D eigenvalue weighted by molar-refractivity contribution is 8.00. The summed E-state index contributed by atoms with van der Waals surface area (Å²) in [5.41, 5.74) is 5.25. The molecule has 1 aromatic heterocycles. The summed E-state index contributed by atoms with van der Waals surface area (Å²) in [6.45, 7) is 5.87. The molecule has 0 aliphatic carbocycles. The van der Waals surface area contributed by atoms with Crippen LogP contribution in [0.2, 0.25) is 0 Å². The zero-order chi connectivity index (χ0) is 13.2. The molecular weight excluding hydrogens is 238 g/mol. The number of hydrogen-bond acceptors (Lipinski definition) is 5. The van der Waals surface area contributed by atoms with Crippen LogP contribution in [0.4, 0.5) is 5.95 Å². The lowest BCUT2D eigenvalue weighted by atomic mass is 10.4. The van der Waals surface area contributed by atoms with E-state index in [2.05, 4.69) is 24.0 Å². The molecule has 1 aromatic rings. The van der Waals surface area contributed by atoms with Gasteiger partial charge < -0.3 is 10.6 Å². The van der Waals surface area contributed by atoms with Crippen LogP contribution in [0.3, 0.4) is 0 Å². The van der Waals surface area contributed by atoms with Crippen molar-refractivity contribution < 1.29 is 4.79 Å². The average molecular weight is 257 g/mol. The molecule has 17 heavy (non-hydrogen) atoms. The van der Waals surface area contributed by atoms with E-state index in [0.717, 1.165) is 11.1 Å². The summed E-state index contributed by atoms with van der Waals surface area (Å²) in [6.07, 6.45) is 0. The lowest BCUT2D eigenvalue weighted by Gasteiger charge is -2.18. The summed E-state index contributed by atoms with van der Waals surface area (Å²) >= 11 is 1.33. The molecule has 7 heteroatoms. The summed E-state index contributed by atoms with van der Waals surface area (Å²) < 4.78 is 1.99. The molecule has 0 saturated carbocycles. The Morgan fingerprint density at radius 3 is 2.35 bits per heavy atom. The fourth-order valence-electron chi connectivity index (χ4n) is 1.32. The summed E-state index contributed by atoms with van der Waals surface area (Å²) in [7, 11) is 3.82. The largest absolute Gasteiger partial charge is 0.369 e. The van der Waals surface area contributed by atoms with E-state index in [1.165, 1.54) is 11.8 Å². The van der Waals surface area contributed by atoms with Gasteiger partial charge in [0.25, 0.3) is 0 Å². The first-order valence-electron chi connectivity index (χ1n) is 5.42. The number of anilines is 1. The fraction of sp³-hybridized carbons (Fsp3) is 0.700. The SMILES string of the molecule is CC(C)n1c(S[C@@H](C)C(N)=O)nnc1N(C)C. The van der Waals surface area contributed by atoms with Crippen molar-refractivity contribution in [1.82, 2.24) is 14.8 Å². The van der Waals surface area contributed by atoms with Crippen molar-refractivity contribution >= 4 is 23.6 Å². The minimum absolute atomic E-state index is 0.227. The molecule has 96 valence electrons. The quantitative estimate of drug-likeness (QED) is 0.793. The van der Waals surface area contributed by atoms with Gasteiger partial charge in [-0.15, -0.1) is 10.2 Å². The summed E-state index contributed by atoms with van der Waals surface area (Å²) in [4.78, 5) is 13.0. The molecule has 1 amide bonds. The topological polar surface area (TPSA) is 77.0 Å². The molecular formula is C10H19N5OS. The maximum Gasteiger partial charge on any atom is 0.230 e. The number of primary amides is 1. The van der Waals surface area contributed by atoms with Gasteiger partial charge in [-0.05, 0) is 20.8 Å². The van der Waals surface area contributed by atoms with Crippen molar-refractivity contribution in [3.63, 3.8) is 0 Å². The van der Waals surface area contributed by atoms with Gasteiger partial charge in [-0.1, -0.05) is 11.8 Å².